The van der Waals surface area contributed by atoms with E-state index >= 15 is 4.39 Å². The molecular weight excluding hydrogens is 548 g/mol. The molecule has 0 bridgehead atoms. The van der Waals surface area contributed by atoms with Crippen molar-refractivity contribution < 1.29 is 35.5 Å². The minimum Gasteiger partial charge on any atom is -0.488 e. The minimum atomic E-state index is -4.84. The van der Waals surface area contributed by atoms with Crippen LogP contribution in [0.15, 0.2) is 60.7 Å². The van der Waals surface area contributed by atoms with E-state index in [9.17, 15) is 26.3 Å². The van der Waals surface area contributed by atoms with Gasteiger partial charge in [0.1, 0.15) is 18.2 Å². The fourth-order valence-electron chi connectivity index (χ4n) is 3.64. The number of hydrogen-bond donors (Lipinski definition) is 0. The first kappa shape index (κ1) is 26.8. The summed E-state index contributed by atoms with van der Waals surface area (Å²) < 4.78 is 103. The minimum absolute atomic E-state index is 0.0907. The van der Waals surface area contributed by atoms with Crippen molar-refractivity contribution in [2.45, 2.75) is 19.0 Å². The predicted molar refractivity (Wildman–Crippen MR) is 125 cm³/mol. The molecule has 3 aromatic carbocycles. The van der Waals surface area contributed by atoms with Gasteiger partial charge < -0.3 is 4.74 Å². The number of nitrogens with zero attached hydrogens (tertiary/aromatic N) is 2. The highest BCUT2D eigenvalue weighted by atomic mass is 35.5. The molecule has 0 spiro atoms. The van der Waals surface area contributed by atoms with E-state index < -0.39 is 34.4 Å². The molecule has 0 radical (unpaired) electrons. The first-order valence-corrected chi connectivity index (χ1v) is 11.2. The van der Waals surface area contributed by atoms with Crippen LogP contribution in [0.4, 0.5) is 30.7 Å². The maximum absolute atomic E-state index is 16.0. The summed E-state index contributed by atoms with van der Waals surface area (Å²) in [7, 11) is 1.19. The van der Waals surface area contributed by atoms with Crippen LogP contribution in [-0.2, 0) is 26.0 Å². The van der Waals surface area contributed by atoms with Gasteiger partial charge in [0, 0.05) is 17.6 Å². The second-order valence-corrected chi connectivity index (χ2v) is 8.79. The Morgan fingerprint density at radius 3 is 2.14 bits per heavy atom. The fourth-order valence-corrected chi connectivity index (χ4v) is 3.99. The summed E-state index contributed by atoms with van der Waals surface area (Å²) in [6.45, 7) is -0.0907. The molecule has 0 aliphatic carbocycles. The highest BCUT2D eigenvalue weighted by Gasteiger charge is 2.36. The number of aryl methyl sites for hydroxylation is 1. The second-order valence-electron chi connectivity index (χ2n) is 7.94. The van der Waals surface area contributed by atoms with Crippen LogP contribution in [0.5, 0.6) is 5.75 Å². The lowest BCUT2D eigenvalue weighted by Crippen LogP contribution is -2.07. The molecule has 1 aromatic heterocycles. The number of halogens is 9. The number of aromatic nitrogens is 2. The molecule has 0 saturated carbocycles. The smallest absolute Gasteiger partial charge is 0.435 e. The molecule has 0 unspecified atom stereocenters. The zero-order valence-electron chi connectivity index (χ0n) is 18.7. The lowest BCUT2D eigenvalue weighted by atomic mass is 9.97. The lowest BCUT2D eigenvalue weighted by Gasteiger charge is -2.17. The van der Waals surface area contributed by atoms with Crippen molar-refractivity contribution in [3.05, 3.63) is 93.3 Å². The van der Waals surface area contributed by atoms with E-state index in [2.05, 4.69) is 5.10 Å². The van der Waals surface area contributed by atoms with Crippen LogP contribution in [0.2, 0.25) is 10.0 Å². The molecule has 1 heterocycles. The number of rotatable bonds is 5. The summed E-state index contributed by atoms with van der Waals surface area (Å²) in [6.07, 6.45) is -9.62. The molecule has 0 aliphatic rings. The van der Waals surface area contributed by atoms with Crippen molar-refractivity contribution in [2.24, 2.45) is 7.05 Å². The van der Waals surface area contributed by atoms with Crippen molar-refractivity contribution in [3.8, 4) is 28.1 Å². The highest BCUT2D eigenvalue weighted by Crippen LogP contribution is 2.43. The van der Waals surface area contributed by atoms with Gasteiger partial charge in [0.2, 0.25) is 0 Å². The first-order chi connectivity index (χ1) is 17.3. The molecule has 4 aromatic rings. The number of ether oxygens (including phenoxy) is 1. The molecule has 12 heteroatoms. The largest absolute Gasteiger partial charge is 0.488 e. The van der Waals surface area contributed by atoms with E-state index in [-0.39, 0.29) is 34.7 Å². The average molecular weight is 563 g/mol. The Morgan fingerprint density at radius 1 is 0.865 bits per heavy atom. The summed E-state index contributed by atoms with van der Waals surface area (Å²) in [5.41, 5.74) is -3.00. The van der Waals surface area contributed by atoms with Gasteiger partial charge in [-0.25, -0.2) is 4.39 Å². The van der Waals surface area contributed by atoms with Gasteiger partial charge in [0.15, 0.2) is 5.69 Å². The van der Waals surface area contributed by atoms with Gasteiger partial charge in [0.05, 0.1) is 21.8 Å². The van der Waals surface area contributed by atoms with E-state index in [1.807, 2.05) is 0 Å². The molecular formula is C25H15Cl2F7N2O. The molecule has 0 saturated heterocycles. The second kappa shape index (κ2) is 9.90. The Labute approximate surface area is 216 Å². The van der Waals surface area contributed by atoms with Gasteiger partial charge >= 0.3 is 12.4 Å². The highest BCUT2D eigenvalue weighted by molar-refractivity contribution is 6.31. The molecule has 0 N–H and O–H groups in total. The maximum Gasteiger partial charge on any atom is 0.435 e. The fraction of sp³-hybridized carbons (Fsp3) is 0.160. The number of benzene rings is 3. The van der Waals surface area contributed by atoms with Crippen molar-refractivity contribution in [1.29, 1.82) is 0 Å². The zero-order valence-corrected chi connectivity index (χ0v) is 20.2. The van der Waals surface area contributed by atoms with E-state index in [1.165, 1.54) is 25.2 Å². The quantitative estimate of drug-likeness (QED) is 0.227. The van der Waals surface area contributed by atoms with Crippen molar-refractivity contribution in [2.75, 3.05) is 0 Å². The molecule has 194 valence electrons. The Morgan fingerprint density at radius 2 is 1.54 bits per heavy atom. The summed E-state index contributed by atoms with van der Waals surface area (Å²) in [6, 6.07) is 12.4. The third kappa shape index (κ3) is 5.70. The van der Waals surface area contributed by atoms with Crippen LogP contribution in [0.3, 0.4) is 0 Å². The van der Waals surface area contributed by atoms with Crippen molar-refractivity contribution in [3.63, 3.8) is 0 Å². The van der Waals surface area contributed by atoms with Gasteiger partial charge in [-0.15, -0.1) is 0 Å². The Balaban J connectivity index is 1.87. The molecule has 0 atom stereocenters. The van der Waals surface area contributed by atoms with Gasteiger partial charge in [-0.3, -0.25) is 4.68 Å². The van der Waals surface area contributed by atoms with Crippen LogP contribution >= 0.6 is 23.2 Å². The summed E-state index contributed by atoms with van der Waals surface area (Å²) in [5.74, 6) is -1.23. The lowest BCUT2D eigenvalue weighted by molar-refractivity contribution is -0.141. The van der Waals surface area contributed by atoms with Crippen LogP contribution < -0.4 is 4.74 Å². The van der Waals surface area contributed by atoms with Gasteiger partial charge in [-0.2, -0.15) is 31.4 Å². The third-order valence-corrected chi connectivity index (χ3v) is 6.00. The topological polar surface area (TPSA) is 27.1 Å². The van der Waals surface area contributed by atoms with E-state index in [0.29, 0.717) is 22.7 Å². The Hall–Kier alpha value is -3.24. The van der Waals surface area contributed by atoms with E-state index in [0.717, 1.165) is 10.7 Å². The van der Waals surface area contributed by atoms with Crippen LogP contribution in [0, 0.1) is 5.82 Å². The van der Waals surface area contributed by atoms with Crippen molar-refractivity contribution in [1.82, 2.24) is 9.78 Å². The normalized spacial score (nSPS) is 12.2. The summed E-state index contributed by atoms with van der Waals surface area (Å²) in [5, 5.41) is 3.25. The van der Waals surface area contributed by atoms with Crippen LogP contribution in [0.1, 0.15) is 16.8 Å². The monoisotopic (exact) mass is 562 g/mol. The summed E-state index contributed by atoms with van der Waals surface area (Å²) >= 11 is 11.6. The zero-order chi connectivity index (χ0) is 27.1. The molecule has 3 nitrogen and oxygen atoms in total. The number of alkyl halides is 6. The third-order valence-electron chi connectivity index (χ3n) is 5.42. The van der Waals surface area contributed by atoms with Gasteiger partial charge in [0.25, 0.3) is 0 Å². The van der Waals surface area contributed by atoms with Gasteiger partial charge in [-0.1, -0.05) is 41.4 Å². The molecule has 0 aliphatic heterocycles. The van der Waals surface area contributed by atoms with E-state index in [4.69, 9.17) is 27.9 Å². The molecule has 37 heavy (non-hydrogen) atoms. The van der Waals surface area contributed by atoms with E-state index in [1.54, 1.807) is 24.3 Å². The van der Waals surface area contributed by atoms with Gasteiger partial charge in [-0.05, 0) is 53.6 Å². The standard InChI is InChI=1S/C25H15Cl2F7N2O/c1-36-19(11-21(35-36)25(32,33)34)16-7-9-20(37-12-13-2-5-15(26)6-3-13)22(23(16)28)14-4-8-18(27)17(10-14)24(29,30)31/h2-11H,12H2,1H3. The van der Waals surface area contributed by atoms with Crippen molar-refractivity contribution >= 4 is 23.2 Å². The van der Waals surface area contributed by atoms with Crippen LogP contribution in [-0.4, -0.2) is 9.78 Å². The molecule has 0 amide bonds. The predicted octanol–water partition coefficient (Wildman–Crippen LogP) is 8.82. The summed E-state index contributed by atoms with van der Waals surface area (Å²) in [4.78, 5) is 0. The Bertz CT molecular complexity index is 1450. The molecule has 0 fully saturated rings. The molecule has 4 rings (SSSR count). The SMILES string of the molecule is Cn1nc(C(F)(F)F)cc1-c1ccc(OCc2ccc(Cl)cc2)c(-c2ccc(Cl)c(C(F)(F)F)c2)c1F. The first-order valence-electron chi connectivity index (χ1n) is 10.4. The average Bonchev–Trinajstić information content (AvgIpc) is 3.20. The maximum atomic E-state index is 16.0. The Kier molecular flexibility index (Phi) is 7.18. The van der Waals surface area contributed by atoms with Crippen LogP contribution in [0.25, 0.3) is 22.4 Å². The number of hydrogen-bond acceptors (Lipinski definition) is 2.